The van der Waals surface area contributed by atoms with Crippen molar-refractivity contribution in [3.05, 3.63) is 12.2 Å². The summed E-state index contributed by atoms with van der Waals surface area (Å²) in [7, 11) is 0. The lowest BCUT2D eigenvalue weighted by Gasteiger charge is -2.38. The smallest absolute Gasteiger partial charge is 0.309 e. The molecule has 180 valence electrons. The molecule has 0 saturated heterocycles. The van der Waals surface area contributed by atoms with Crippen LogP contribution in [-0.2, 0) is 14.4 Å². The van der Waals surface area contributed by atoms with Gasteiger partial charge in [0.2, 0.25) is 0 Å². The van der Waals surface area contributed by atoms with Crippen LogP contribution in [0.1, 0.15) is 96.8 Å². The Labute approximate surface area is 187 Å². The zero-order valence-corrected chi connectivity index (χ0v) is 19.4. The van der Waals surface area contributed by atoms with Crippen LogP contribution >= 0.6 is 0 Å². The Bertz CT molecular complexity index is 487. The van der Waals surface area contributed by atoms with E-state index in [1.807, 2.05) is 0 Å². The van der Waals surface area contributed by atoms with E-state index < -0.39 is 17.9 Å². The second kappa shape index (κ2) is 18.8. The Balaban J connectivity index is 4.26. The van der Waals surface area contributed by atoms with Gasteiger partial charge < -0.3 is 19.8 Å². The van der Waals surface area contributed by atoms with E-state index in [0.717, 1.165) is 25.7 Å². The van der Waals surface area contributed by atoms with Crippen molar-refractivity contribution in [3.8, 4) is 0 Å². The second-order valence-corrected chi connectivity index (χ2v) is 8.52. The van der Waals surface area contributed by atoms with Gasteiger partial charge in [0.1, 0.15) is 0 Å². The number of quaternary nitrogens is 1. The molecule has 31 heavy (non-hydrogen) atoms. The molecule has 0 saturated carbocycles. The SMILES string of the molecule is CC/C=C/CCCCCCCCCCC[N+](CCC(=O)O)(CCC(=O)O)CCC(=O)O. The molecular formula is C24H44NO6+. The van der Waals surface area contributed by atoms with E-state index in [4.69, 9.17) is 15.3 Å². The van der Waals surface area contributed by atoms with Gasteiger partial charge in [0.15, 0.2) is 0 Å². The molecule has 0 spiro atoms. The van der Waals surface area contributed by atoms with Crippen LogP contribution in [0.3, 0.4) is 0 Å². The van der Waals surface area contributed by atoms with Gasteiger partial charge in [-0.05, 0) is 32.1 Å². The Morgan fingerprint density at radius 1 is 0.581 bits per heavy atom. The Morgan fingerprint density at radius 3 is 1.35 bits per heavy atom. The van der Waals surface area contributed by atoms with Gasteiger partial charge in [0, 0.05) is 0 Å². The molecule has 0 heterocycles. The minimum atomic E-state index is -0.936. The summed E-state index contributed by atoms with van der Waals surface area (Å²) >= 11 is 0. The van der Waals surface area contributed by atoms with Gasteiger partial charge >= 0.3 is 17.9 Å². The second-order valence-electron chi connectivity index (χ2n) is 8.52. The first-order chi connectivity index (χ1) is 14.8. The lowest BCUT2D eigenvalue weighted by Crippen LogP contribution is -2.52. The van der Waals surface area contributed by atoms with Crippen LogP contribution in [0.5, 0.6) is 0 Å². The summed E-state index contributed by atoms with van der Waals surface area (Å²) in [6, 6.07) is 0. The molecule has 0 radical (unpaired) electrons. The number of hydrogen-bond donors (Lipinski definition) is 3. The summed E-state index contributed by atoms with van der Waals surface area (Å²) in [4.78, 5) is 33.2. The lowest BCUT2D eigenvalue weighted by atomic mass is 10.1. The first kappa shape index (κ1) is 29.1. The largest absolute Gasteiger partial charge is 0.481 e. The predicted octanol–water partition coefficient (Wildman–Crippen LogP) is 5.09. The third kappa shape index (κ3) is 18.6. The Morgan fingerprint density at radius 2 is 0.968 bits per heavy atom. The molecule has 0 amide bonds. The molecule has 0 aromatic carbocycles. The van der Waals surface area contributed by atoms with E-state index in [9.17, 15) is 14.4 Å². The van der Waals surface area contributed by atoms with Crippen LogP contribution in [0.25, 0.3) is 0 Å². The molecule has 3 N–H and O–H groups in total. The van der Waals surface area contributed by atoms with Gasteiger partial charge in [-0.2, -0.15) is 0 Å². The molecule has 0 unspecified atom stereocenters. The van der Waals surface area contributed by atoms with Gasteiger partial charge in [-0.25, -0.2) is 0 Å². The summed E-state index contributed by atoms with van der Waals surface area (Å²) < 4.78 is 0.261. The maximum Gasteiger partial charge on any atom is 0.309 e. The number of hydrogen-bond acceptors (Lipinski definition) is 3. The van der Waals surface area contributed by atoms with Gasteiger partial charge in [-0.1, -0.05) is 57.6 Å². The van der Waals surface area contributed by atoms with Gasteiger partial charge in [-0.3, -0.25) is 14.4 Å². The van der Waals surface area contributed by atoms with Crippen molar-refractivity contribution in [1.82, 2.24) is 0 Å². The quantitative estimate of drug-likeness (QED) is 0.122. The highest BCUT2D eigenvalue weighted by atomic mass is 16.4. The molecule has 0 bridgehead atoms. The highest BCUT2D eigenvalue weighted by Crippen LogP contribution is 2.17. The zero-order valence-electron chi connectivity index (χ0n) is 19.4. The van der Waals surface area contributed by atoms with Crippen LogP contribution in [0.4, 0.5) is 0 Å². The van der Waals surface area contributed by atoms with Gasteiger partial charge in [0.25, 0.3) is 0 Å². The summed E-state index contributed by atoms with van der Waals surface area (Å²) in [5.41, 5.74) is 0. The summed E-state index contributed by atoms with van der Waals surface area (Å²) in [6.07, 6.45) is 17.0. The van der Waals surface area contributed by atoms with E-state index in [-0.39, 0.29) is 43.4 Å². The van der Waals surface area contributed by atoms with Crippen molar-refractivity contribution in [1.29, 1.82) is 0 Å². The number of aliphatic carboxylic acids is 3. The van der Waals surface area contributed by atoms with Crippen LogP contribution < -0.4 is 0 Å². The molecule has 0 atom stereocenters. The zero-order chi connectivity index (χ0) is 23.4. The molecule has 0 rings (SSSR count). The van der Waals surface area contributed by atoms with Gasteiger partial charge in [0.05, 0.1) is 45.4 Å². The summed E-state index contributed by atoms with van der Waals surface area (Å²) in [6.45, 7) is 3.63. The molecule has 0 aliphatic carbocycles. The van der Waals surface area contributed by atoms with Crippen molar-refractivity contribution in [2.75, 3.05) is 26.2 Å². The van der Waals surface area contributed by atoms with E-state index in [1.165, 1.54) is 44.9 Å². The van der Waals surface area contributed by atoms with Crippen LogP contribution in [-0.4, -0.2) is 63.9 Å². The Kier molecular flexibility index (Phi) is 17.7. The minimum Gasteiger partial charge on any atom is -0.481 e. The average Bonchev–Trinajstić information content (AvgIpc) is 2.72. The molecule has 0 aliphatic rings. The normalized spacial score (nSPS) is 11.8. The standard InChI is InChI=1S/C24H43NO6/c1-2-3-4-5-6-7-8-9-10-11-12-13-14-18-25(19-15-22(26)27,20-16-23(28)29)21-17-24(30)31/h3-4H,2,5-21H2,1H3,(H2-,26,27,28,29,30,31)/p+1/b4-3+. The van der Waals surface area contributed by atoms with E-state index in [2.05, 4.69) is 19.1 Å². The number of allylic oxidation sites excluding steroid dienone is 2. The van der Waals surface area contributed by atoms with Crippen molar-refractivity contribution in [2.45, 2.75) is 96.8 Å². The highest BCUT2D eigenvalue weighted by Gasteiger charge is 2.29. The monoisotopic (exact) mass is 442 g/mol. The summed E-state index contributed by atoms with van der Waals surface area (Å²) in [5.74, 6) is -2.81. The number of carboxylic acid groups (broad SMARTS) is 3. The van der Waals surface area contributed by atoms with E-state index in [0.29, 0.717) is 6.54 Å². The highest BCUT2D eigenvalue weighted by molar-refractivity contribution is 5.67. The predicted molar refractivity (Wildman–Crippen MR) is 122 cm³/mol. The lowest BCUT2D eigenvalue weighted by molar-refractivity contribution is -0.927. The molecule has 0 aliphatic heterocycles. The molecule has 7 nitrogen and oxygen atoms in total. The van der Waals surface area contributed by atoms with E-state index in [1.54, 1.807) is 0 Å². The molecule has 7 heteroatoms. The number of unbranched alkanes of at least 4 members (excludes halogenated alkanes) is 9. The fourth-order valence-corrected chi connectivity index (χ4v) is 3.90. The number of rotatable bonds is 22. The van der Waals surface area contributed by atoms with Crippen molar-refractivity contribution in [2.24, 2.45) is 0 Å². The Hall–Kier alpha value is -1.89. The van der Waals surface area contributed by atoms with Crippen LogP contribution in [0.15, 0.2) is 12.2 Å². The first-order valence-corrected chi connectivity index (χ1v) is 12.0. The summed E-state index contributed by atoms with van der Waals surface area (Å²) in [5, 5.41) is 27.2. The van der Waals surface area contributed by atoms with Crippen molar-refractivity contribution < 1.29 is 34.2 Å². The fraction of sp³-hybridized carbons (Fsp3) is 0.792. The minimum absolute atomic E-state index is 0.0759. The average molecular weight is 443 g/mol. The molecule has 0 fully saturated rings. The number of carbonyl (C=O) groups is 3. The maximum absolute atomic E-state index is 11.1. The first-order valence-electron chi connectivity index (χ1n) is 12.0. The van der Waals surface area contributed by atoms with Crippen molar-refractivity contribution >= 4 is 17.9 Å². The fourth-order valence-electron chi connectivity index (χ4n) is 3.90. The molecule has 0 aromatic heterocycles. The van der Waals surface area contributed by atoms with E-state index >= 15 is 0 Å². The maximum atomic E-state index is 11.1. The molecule has 0 aromatic rings. The number of carboxylic acids is 3. The third-order valence-corrected chi connectivity index (χ3v) is 5.81. The third-order valence-electron chi connectivity index (χ3n) is 5.81. The number of nitrogens with zero attached hydrogens (tertiary/aromatic N) is 1. The van der Waals surface area contributed by atoms with Crippen LogP contribution in [0, 0.1) is 0 Å². The topological polar surface area (TPSA) is 112 Å². The molecular weight excluding hydrogens is 398 g/mol. The van der Waals surface area contributed by atoms with Crippen LogP contribution in [0.2, 0.25) is 0 Å². The van der Waals surface area contributed by atoms with Gasteiger partial charge in [-0.15, -0.1) is 0 Å². The van der Waals surface area contributed by atoms with Crippen molar-refractivity contribution in [3.63, 3.8) is 0 Å².